The number of hydrogen-bond donors (Lipinski definition) is 4. The van der Waals surface area contributed by atoms with Gasteiger partial charge in [0.15, 0.2) is 0 Å². The number of nitrogens with one attached hydrogen (secondary N) is 2. The van der Waals surface area contributed by atoms with E-state index in [0.29, 0.717) is 30.1 Å². The molecule has 2 aliphatic heterocycles. The molecule has 2 aliphatic rings. The van der Waals surface area contributed by atoms with Gasteiger partial charge in [-0.1, -0.05) is 51.1 Å². The van der Waals surface area contributed by atoms with E-state index in [1.807, 2.05) is 66.6 Å². The largest absolute Gasteiger partial charge is 0.490 e. The third-order valence-electron chi connectivity index (χ3n) is 9.30. The summed E-state index contributed by atoms with van der Waals surface area (Å²) < 4.78 is 63.2. The highest BCUT2D eigenvalue weighted by Gasteiger charge is 2.40. The van der Waals surface area contributed by atoms with Gasteiger partial charge in [-0.2, -0.15) is 13.2 Å². The van der Waals surface area contributed by atoms with E-state index in [1.165, 1.54) is 0 Å². The molecule has 318 valence electrons. The number of aromatic nitrogens is 1. The standard InChI is InChI=1S/C38H43F2N5O6S.C2HF3O2/c1-38(2,3)36(31-15-26(28-16-27(39)9-10-29(28)40)20-43(31)18-24-7-5-4-6-8-24)45(19-25-13-14-41-17-25)35(49)23-52-22-30(37(50)51)42-32(46)21-44-33(47)11-12-34(44)48;3-2(4,5)1(6)7/h4-12,15-16,20,25,30,36,41H,13-14,17-19,21-23H2,1-3H3,(H,42,46)(H,50,51);(H,6,7)/t25?,30-,36-;/m0./s1. The summed E-state index contributed by atoms with van der Waals surface area (Å²) in [4.78, 5) is 74.1. The van der Waals surface area contributed by atoms with E-state index in [9.17, 15) is 46.6 Å². The van der Waals surface area contributed by atoms with Crippen molar-refractivity contribution in [3.05, 3.63) is 95.8 Å². The second kappa shape index (κ2) is 19.9. The molecular weight excluding hydrogens is 806 g/mol. The Morgan fingerprint density at radius 3 is 2.19 bits per heavy atom. The number of carbonyl (C=O) groups is 6. The van der Waals surface area contributed by atoms with E-state index in [2.05, 4.69) is 10.6 Å². The quantitative estimate of drug-likeness (QED) is 0.122. The van der Waals surface area contributed by atoms with E-state index < -0.39 is 71.5 Å². The molecule has 0 spiro atoms. The maximum atomic E-state index is 15.1. The van der Waals surface area contributed by atoms with Crippen LogP contribution in [0.1, 0.15) is 44.5 Å². The molecule has 1 unspecified atom stereocenters. The lowest BCUT2D eigenvalue weighted by Crippen LogP contribution is -2.48. The Balaban J connectivity index is 0.00000101. The summed E-state index contributed by atoms with van der Waals surface area (Å²) in [7, 11) is 0. The molecule has 3 atom stereocenters. The van der Waals surface area contributed by atoms with Gasteiger partial charge in [0.25, 0.3) is 11.8 Å². The molecule has 0 aliphatic carbocycles. The lowest BCUT2D eigenvalue weighted by Gasteiger charge is -2.42. The predicted molar refractivity (Wildman–Crippen MR) is 207 cm³/mol. The van der Waals surface area contributed by atoms with Crippen LogP contribution in [0.4, 0.5) is 22.0 Å². The van der Waals surface area contributed by atoms with Crippen molar-refractivity contribution in [1.82, 2.24) is 25.0 Å². The van der Waals surface area contributed by atoms with Crippen LogP contribution in [0.15, 0.2) is 72.9 Å². The molecule has 59 heavy (non-hydrogen) atoms. The summed E-state index contributed by atoms with van der Waals surface area (Å²) in [5.41, 5.74) is 1.73. The van der Waals surface area contributed by atoms with Crippen LogP contribution >= 0.6 is 11.8 Å². The van der Waals surface area contributed by atoms with Crippen LogP contribution in [0, 0.1) is 23.0 Å². The van der Waals surface area contributed by atoms with Crippen molar-refractivity contribution in [2.45, 2.75) is 52.0 Å². The van der Waals surface area contributed by atoms with Gasteiger partial charge in [0.1, 0.15) is 24.2 Å². The van der Waals surface area contributed by atoms with Gasteiger partial charge in [-0.3, -0.25) is 24.1 Å². The van der Waals surface area contributed by atoms with Crippen molar-refractivity contribution >= 4 is 47.3 Å². The topological polar surface area (TPSA) is 178 Å². The second-order valence-corrected chi connectivity index (χ2v) is 16.0. The molecule has 13 nitrogen and oxygen atoms in total. The normalized spacial score (nSPS) is 16.3. The van der Waals surface area contributed by atoms with Gasteiger partial charge >= 0.3 is 18.1 Å². The zero-order chi connectivity index (χ0) is 43.7. The molecule has 3 heterocycles. The van der Waals surface area contributed by atoms with Crippen LogP contribution in [0.5, 0.6) is 0 Å². The molecular formula is C40H44F5N5O8S. The van der Waals surface area contributed by atoms with Crippen LogP contribution in [0.3, 0.4) is 0 Å². The van der Waals surface area contributed by atoms with Crippen molar-refractivity contribution in [3.63, 3.8) is 0 Å². The molecule has 5 rings (SSSR count). The second-order valence-electron chi connectivity index (χ2n) is 14.9. The SMILES string of the molecule is CC(C)(C)[C@H](c1cc(-c2cc(F)ccc2F)cn1Cc1ccccc1)N(CC1CCNC1)C(=O)CSC[C@H](NC(=O)CN1C(=O)C=CC1=O)C(=O)O.O=C(O)C(F)(F)F. The number of rotatable bonds is 15. The summed E-state index contributed by atoms with van der Waals surface area (Å²) >= 11 is 1.05. The molecule has 2 aromatic carbocycles. The highest BCUT2D eigenvalue weighted by molar-refractivity contribution is 8.00. The molecule has 19 heteroatoms. The molecule has 3 aromatic rings. The first kappa shape index (κ1) is 46.1. The van der Waals surface area contributed by atoms with E-state index in [0.717, 1.165) is 66.3 Å². The minimum absolute atomic E-state index is 0.102. The van der Waals surface area contributed by atoms with Crippen LogP contribution in [0.25, 0.3) is 11.1 Å². The maximum absolute atomic E-state index is 15.1. The van der Waals surface area contributed by atoms with E-state index in [1.54, 1.807) is 6.20 Å². The van der Waals surface area contributed by atoms with Crippen molar-refractivity contribution in [3.8, 4) is 11.1 Å². The van der Waals surface area contributed by atoms with Crippen molar-refractivity contribution in [1.29, 1.82) is 0 Å². The summed E-state index contributed by atoms with van der Waals surface area (Å²) in [6.45, 7) is 7.75. The van der Waals surface area contributed by atoms with Gasteiger partial charge in [0, 0.05) is 54.0 Å². The molecule has 0 saturated carbocycles. The van der Waals surface area contributed by atoms with Crippen LogP contribution < -0.4 is 10.6 Å². The average molecular weight is 850 g/mol. The summed E-state index contributed by atoms with van der Waals surface area (Å²) in [6.07, 6.45) is -0.386. The number of carbonyl (C=O) groups excluding carboxylic acids is 4. The number of carboxylic acids is 2. The Morgan fingerprint density at radius 2 is 1.63 bits per heavy atom. The van der Waals surface area contributed by atoms with Crippen LogP contribution in [0.2, 0.25) is 0 Å². The number of benzene rings is 2. The summed E-state index contributed by atoms with van der Waals surface area (Å²) in [6, 6.07) is 12.9. The molecule has 1 saturated heterocycles. The first-order valence-corrected chi connectivity index (χ1v) is 19.4. The van der Waals surface area contributed by atoms with Crippen molar-refractivity contribution in [2.24, 2.45) is 11.3 Å². The smallest absolute Gasteiger partial charge is 0.480 e. The maximum Gasteiger partial charge on any atom is 0.490 e. The molecule has 0 bridgehead atoms. The predicted octanol–water partition coefficient (Wildman–Crippen LogP) is 4.87. The molecule has 4 amide bonds. The first-order chi connectivity index (χ1) is 27.6. The third-order valence-corrected chi connectivity index (χ3v) is 10.3. The first-order valence-electron chi connectivity index (χ1n) is 18.3. The van der Waals surface area contributed by atoms with Crippen LogP contribution in [-0.2, 0) is 35.3 Å². The van der Waals surface area contributed by atoms with Crippen molar-refractivity contribution < 1.29 is 60.9 Å². The van der Waals surface area contributed by atoms with Crippen LogP contribution in [-0.4, -0.2) is 110 Å². The number of carboxylic acid groups (broad SMARTS) is 2. The van der Waals surface area contributed by atoms with Gasteiger partial charge in [-0.05, 0) is 60.7 Å². The monoisotopic (exact) mass is 849 g/mol. The average Bonchev–Trinajstić information content (AvgIpc) is 3.90. The Bertz CT molecular complexity index is 2030. The minimum Gasteiger partial charge on any atom is -0.480 e. The molecule has 4 N–H and O–H groups in total. The fourth-order valence-corrected chi connectivity index (χ4v) is 7.52. The van der Waals surface area contributed by atoms with Gasteiger partial charge in [-0.15, -0.1) is 11.8 Å². The lowest BCUT2D eigenvalue weighted by molar-refractivity contribution is -0.192. The number of thioether (sulfide) groups is 1. The minimum atomic E-state index is -5.08. The Morgan fingerprint density at radius 1 is 0.983 bits per heavy atom. The highest BCUT2D eigenvalue weighted by Crippen LogP contribution is 2.42. The third kappa shape index (κ3) is 13.0. The van der Waals surface area contributed by atoms with Crippen molar-refractivity contribution in [2.75, 3.05) is 37.7 Å². The number of hydrogen-bond acceptors (Lipinski definition) is 8. The molecule has 0 radical (unpaired) electrons. The Hall–Kier alpha value is -5.56. The fraction of sp³-hybridized carbons (Fsp3) is 0.400. The molecule has 1 fully saturated rings. The number of halogens is 5. The molecule has 1 aromatic heterocycles. The number of imide groups is 1. The van der Waals surface area contributed by atoms with Gasteiger partial charge in [0.2, 0.25) is 11.8 Å². The fourth-order valence-electron chi connectivity index (χ4n) is 6.60. The highest BCUT2D eigenvalue weighted by atomic mass is 32.2. The van der Waals surface area contributed by atoms with Gasteiger partial charge < -0.3 is 30.3 Å². The summed E-state index contributed by atoms with van der Waals surface area (Å²) in [5.74, 6) is -7.76. The number of nitrogens with zero attached hydrogens (tertiary/aromatic N) is 3. The zero-order valence-corrected chi connectivity index (χ0v) is 33.1. The zero-order valence-electron chi connectivity index (χ0n) is 32.3. The van der Waals surface area contributed by atoms with E-state index >= 15 is 4.39 Å². The van der Waals surface area contributed by atoms with E-state index in [-0.39, 0.29) is 28.9 Å². The summed E-state index contributed by atoms with van der Waals surface area (Å²) in [5, 5.41) is 22.7. The number of alkyl halides is 3. The Kier molecular flexibility index (Phi) is 15.6. The number of aliphatic carboxylic acids is 2. The number of amides is 4. The lowest BCUT2D eigenvalue weighted by atomic mass is 9.82. The Labute approximate surface area is 340 Å². The van der Waals surface area contributed by atoms with Gasteiger partial charge in [0.05, 0.1) is 11.8 Å². The van der Waals surface area contributed by atoms with Gasteiger partial charge in [-0.25, -0.2) is 18.4 Å². The van der Waals surface area contributed by atoms with E-state index in [4.69, 9.17) is 9.90 Å².